The zero-order chi connectivity index (χ0) is 28.5. The first-order chi connectivity index (χ1) is 17.4. The maximum Gasteiger partial charge on any atom is 0.415 e. The van der Waals surface area contributed by atoms with Crippen LogP contribution in [0.15, 0.2) is 47.4 Å². The molecule has 0 aliphatic carbocycles. The second-order valence-electron chi connectivity index (χ2n) is 12.4. The van der Waals surface area contributed by atoms with Crippen molar-refractivity contribution in [3.05, 3.63) is 42.5 Å². The van der Waals surface area contributed by atoms with Gasteiger partial charge in [0.1, 0.15) is 11.4 Å². The average molecular weight is 562 g/mol. The zero-order valence-corrected chi connectivity index (χ0v) is 26.1. The molecule has 0 bridgehead atoms. The summed E-state index contributed by atoms with van der Waals surface area (Å²) >= 11 is 0. The number of pyridine rings is 1. The molecule has 1 saturated heterocycles. The lowest BCUT2D eigenvalue weighted by molar-refractivity contribution is 0.0588. The number of rotatable bonds is 7. The second-order valence-corrected chi connectivity index (χ2v) is 19.1. The molecule has 1 aliphatic rings. The molecule has 3 rings (SSSR count). The monoisotopic (exact) mass is 561 g/mol. The largest absolute Gasteiger partial charge is 0.443 e. The summed E-state index contributed by atoms with van der Waals surface area (Å²) in [4.78, 5) is 18.7. The molecule has 8 nitrogen and oxygen atoms in total. The molecule has 210 valence electrons. The van der Waals surface area contributed by atoms with Crippen LogP contribution in [0.4, 0.5) is 10.6 Å². The van der Waals surface area contributed by atoms with Crippen LogP contribution in [0.1, 0.15) is 54.4 Å². The van der Waals surface area contributed by atoms with Crippen LogP contribution in [0.2, 0.25) is 18.1 Å². The van der Waals surface area contributed by atoms with E-state index in [0.29, 0.717) is 24.7 Å². The van der Waals surface area contributed by atoms with Gasteiger partial charge < -0.3 is 9.16 Å². The minimum atomic E-state index is -3.66. The summed E-state index contributed by atoms with van der Waals surface area (Å²) in [5, 5.41) is 0.0676. The van der Waals surface area contributed by atoms with Gasteiger partial charge in [0.15, 0.2) is 8.32 Å². The fraction of sp³-hybridized carbons (Fsp3) is 0.571. The smallest absolute Gasteiger partial charge is 0.415 e. The minimum absolute atomic E-state index is 0.0676. The van der Waals surface area contributed by atoms with Crippen molar-refractivity contribution in [2.75, 3.05) is 25.1 Å². The molecule has 1 aromatic heterocycles. The fourth-order valence-corrected chi connectivity index (χ4v) is 6.66. The van der Waals surface area contributed by atoms with E-state index in [2.05, 4.69) is 38.8 Å². The van der Waals surface area contributed by atoms with Crippen LogP contribution < -0.4 is 4.90 Å². The van der Waals surface area contributed by atoms with Gasteiger partial charge in [-0.05, 0) is 76.0 Å². The van der Waals surface area contributed by atoms with Crippen LogP contribution in [-0.4, -0.2) is 64.0 Å². The average Bonchev–Trinajstić information content (AvgIpc) is 3.30. The van der Waals surface area contributed by atoms with E-state index in [9.17, 15) is 13.2 Å². The van der Waals surface area contributed by atoms with E-state index in [1.807, 2.05) is 26.8 Å². The SMILES string of the molecule is CN(C(=O)OC(C)(C)C)c1cccc(-c2ccc(S(=O)(=O)N3CCC[C@@H]3CO[Si](C)(C)C(C)(C)C)cc2)n1. The number of anilines is 1. The molecule has 0 radical (unpaired) electrons. The third kappa shape index (κ3) is 7.02. The highest BCUT2D eigenvalue weighted by Gasteiger charge is 2.40. The van der Waals surface area contributed by atoms with E-state index in [1.54, 1.807) is 47.8 Å². The standard InChI is InChI=1S/C28H43N3O5SSi/c1-27(2,3)36-26(32)30(7)25-14-10-13-24(29-25)21-15-17-23(18-16-21)37(33,34)31-19-11-12-22(31)20-35-38(8,9)28(4,5)6/h10,13-18,22H,11-12,19-20H2,1-9H3/t22-/m1/s1. The van der Waals surface area contributed by atoms with Crippen molar-refractivity contribution in [2.24, 2.45) is 0 Å². The first kappa shape index (κ1) is 30.3. The molecule has 0 N–H and O–H groups in total. The number of ether oxygens (including phenoxy) is 1. The summed E-state index contributed by atoms with van der Waals surface area (Å²) in [6, 6.07) is 12.0. The number of hydrogen-bond acceptors (Lipinski definition) is 6. The Labute approximate surface area is 229 Å². The Hall–Kier alpha value is -2.27. The maximum atomic E-state index is 13.6. The van der Waals surface area contributed by atoms with Crippen molar-refractivity contribution in [3.8, 4) is 11.3 Å². The molecule has 2 heterocycles. The van der Waals surface area contributed by atoms with E-state index in [-0.39, 0.29) is 16.0 Å². The summed E-state index contributed by atoms with van der Waals surface area (Å²) < 4.78 is 40.5. The van der Waals surface area contributed by atoms with Gasteiger partial charge in [0, 0.05) is 25.2 Å². The first-order valence-electron chi connectivity index (χ1n) is 13.1. The Bertz CT molecular complexity index is 1230. The van der Waals surface area contributed by atoms with Crippen LogP contribution >= 0.6 is 0 Å². The predicted molar refractivity (Wildman–Crippen MR) is 154 cm³/mol. The molecule has 1 aliphatic heterocycles. The third-order valence-corrected chi connectivity index (χ3v) is 13.7. The lowest BCUT2D eigenvalue weighted by atomic mass is 10.1. The van der Waals surface area contributed by atoms with Gasteiger partial charge in [-0.1, -0.05) is 39.0 Å². The fourth-order valence-electron chi connectivity index (χ4n) is 3.94. The van der Waals surface area contributed by atoms with Crippen molar-refractivity contribution >= 4 is 30.3 Å². The molecule has 0 spiro atoms. The number of sulfonamides is 1. The molecule has 1 aromatic carbocycles. The number of benzene rings is 1. The van der Waals surface area contributed by atoms with Crippen molar-refractivity contribution in [1.82, 2.24) is 9.29 Å². The van der Waals surface area contributed by atoms with E-state index < -0.39 is 30.0 Å². The van der Waals surface area contributed by atoms with E-state index in [4.69, 9.17) is 9.16 Å². The molecule has 10 heteroatoms. The van der Waals surface area contributed by atoms with Crippen LogP contribution in [-0.2, 0) is 19.2 Å². The van der Waals surface area contributed by atoms with Gasteiger partial charge in [0.2, 0.25) is 10.0 Å². The van der Waals surface area contributed by atoms with Gasteiger partial charge in [-0.15, -0.1) is 0 Å². The number of hydrogen-bond donors (Lipinski definition) is 0. The molecular formula is C28H43N3O5SSi. The van der Waals surface area contributed by atoms with Gasteiger partial charge in [-0.25, -0.2) is 18.2 Å². The Morgan fingerprint density at radius 2 is 1.71 bits per heavy atom. The number of amides is 1. The van der Waals surface area contributed by atoms with E-state index in [1.165, 1.54) is 4.90 Å². The Kier molecular flexibility index (Phi) is 8.82. The highest BCUT2D eigenvalue weighted by molar-refractivity contribution is 7.89. The van der Waals surface area contributed by atoms with Gasteiger partial charge in [-0.3, -0.25) is 4.90 Å². The van der Waals surface area contributed by atoms with E-state index in [0.717, 1.165) is 18.4 Å². The topological polar surface area (TPSA) is 89.0 Å². The summed E-state index contributed by atoms with van der Waals surface area (Å²) in [5.74, 6) is 0.440. The molecule has 1 atom stereocenters. The van der Waals surface area contributed by atoms with Crippen LogP contribution in [0.3, 0.4) is 0 Å². The Morgan fingerprint density at radius 1 is 1.08 bits per heavy atom. The van der Waals surface area contributed by atoms with Crippen molar-refractivity contribution < 1.29 is 22.4 Å². The predicted octanol–water partition coefficient (Wildman–Crippen LogP) is 6.29. The Balaban J connectivity index is 1.76. The highest BCUT2D eigenvalue weighted by Crippen LogP contribution is 2.37. The third-order valence-electron chi connectivity index (χ3n) is 7.27. The molecule has 1 fully saturated rings. The summed E-state index contributed by atoms with van der Waals surface area (Å²) in [6.45, 7) is 17.3. The zero-order valence-electron chi connectivity index (χ0n) is 24.2. The molecule has 2 aromatic rings. The van der Waals surface area contributed by atoms with Crippen LogP contribution in [0, 0.1) is 0 Å². The second kappa shape index (κ2) is 11.1. The molecule has 38 heavy (non-hydrogen) atoms. The van der Waals surface area contributed by atoms with Gasteiger partial charge >= 0.3 is 6.09 Å². The van der Waals surface area contributed by atoms with E-state index >= 15 is 0 Å². The van der Waals surface area contributed by atoms with Crippen molar-refractivity contribution in [1.29, 1.82) is 0 Å². The molecule has 1 amide bonds. The summed E-state index contributed by atoms with van der Waals surface area (Å²) in [6.07, 6.45) is 1.12. The van der Waals surface area contributed by atoms with Crippen LogP contribution in [0.5, 0.6) is 0 Å². The number of carbonyl (C=O) groups excluding carboxylic acids is 1. The van der Waals surface area contributed by atoms with Gasteiger partial charge in [0.05, 0.1) is 17.2 Å². The normalized spacial score (nSPS) is 17.4. The number of nitrogens with zero attached hydrogens (tertiary/aromatic N) is 3. The highest BCUT2D eigenvalue weighted by atomic mass is 32.2. The number of aromatic nitrogens is 1. The summed E-state index contributed by atoms with van der Waals surface area (Å²) in [7, 11) is -4.03. The van der Waals surface area contributed by atoms with Crippen molar-refractivity contribution in [3.63, 3.8) is 0 Å². The van der Waals surface area contributed by atoms with Gasteiger partial charge in [-0.2, -0.15) is 4.31 Å². The van der Waals surface area contributed by atoms with Gasteiger partial charge in [0.25, 0.3) is 0 Å². The summed E-state index contributed by atoms with van der Waals surface area (Å²) in [5.41, 5.74) is 0.765. The Morgan fingerprint density at radius 3 is 2.29 bits per heavy atom. The molecule has 0 saturated carbocycles. The van der Waals surface area contributed by atoms with Crippen LogP contribution in [0.25, 0.3) is 11.3 Å². The first-order valence-corrected chi connectivity index (χ1v) is 17.5. The lowest BCUT2D eigenvalue weighted by Gasteiger charge is -2.37. The molecular weight excluding hydrogens is 518 g/mol. The number of carbonyl (C=O) groups is 1. The maximum absolute atomic E-state index is 13.6. The lowest BCUT2D eigenvalue weighted by Crippen LogP contribution is -2.45. The minimum Gasteiger partial charge on any atom is -0.443 e. The quantitative estimate of drug-likeness (QED) is 0.369. The molecule has 0 unspecified atom stereocenters. The van der Waals surface area contributed by atoms with Crippen molar-refractivity contribution in [2.45, 2.75) is 89.1 Å².